The van der Waals surface area contributed by atoms with Gasteiger partial charge in [0.1, 0.15) is 0 Å². The number of amides is 1. The standard InChI is InChI=1S/C20H23ClN2O2/c1-15(16-5-3-2-4-6-16)13-20(24)22-18-14-17(21)7-8-19(18)23-9-11-25-12-10-23/h2-8,14-15H,9-13H2,1H3,(H,22,24)/t15-/m1/s1. The zero-order valence-corrected chi connectivity index (χ0v) is 15.1. The van der Waals surface area contributed by atoms with Crippen molar-refractivity contribution in [1.29, 1.82) is 0 Å². The maximum atomic E-state index is 12.5. The first-order chi connectivity index (χ1) is 12.1. The van der Waals surface area contributed by atoms with E-state index in [4.69, 9.17) is 16.3 Å². The van der Waals surface area contributed by atoms with E-state index in [0.717, 1.165) is 30.0 Å². The summed E-state index contributed by atoms with van der Waals surface area (Å²) >= 11 is 6.15. The van der Waals surface area contributed by atoms with E-state index < -0.39 is 0 Å². The molecule has 0 bridgehead atoms. The Morgan fingerprint density at radius 3 is 2.64 bits per heavy atom. The van der Waals surface area contributed by atoms with Gasteiger partial charge in [-0.3, -0.25) is 4.79 Å². The summed E-state index contributed by atoms with van der Waals surface area (Å²) in [6, 6.07) is 15.7. The number of carbonyl (C=O) groups excluding carboxylic acids is 1. The zero-order chi connectivity index (χ0) is 17.6. The van der Waals surface area contributed by atoms with E-state index in [1.54, 1.807) is 0 Å². The normalized spacial score (nSPS) is 15.7. The van der Waals surface area contributed by atoms with Crippen molar-refractivity contribution < 1.29 is 9.53 Å². The van der Waals surface area contributed by atoms with E-state index in [1.165, 1.54) is 0 Å². The summed E-state index contributed by atoms with van der Waals surface area (Å²) in [5, 5.41) is 3.66. The lowest BCUT2D eigenvalue weighted by Crippen LogP contribution is -2.36. The van der Waals surface area contributed by atoms with Crippen LogP contribution in [0.2, 0.25) is 5.02 Å². The molecule has 1 atom stereocenters. The summed E-state index contributed by atoms with van der Waals surface area (Å²) in [4.78, 5) is 14.8. The predicted octanol–water partition coefficient (Wildman–Crippen LogP) is 4.31. The van der Waals surface area contributed by atoms with Crippen molar-refractivity contribution >= 4 is 28.9 Å². The molecule has 1 heterocycles. The molecule has 1 aliphatic heterocycles. The Balaban J connectivity index is 1.71. The van der Waals surface area contributed by atoms with Crippen LogP contribution in [0.15, 0.2) is 48.5 Å². The Kier molecular flexibility index (Phi) is 5.95. The number of nitrogens with one attached hydrogen (secondary N) is 1. The van der Waals surface area contributed by atoms with Crippen LogP contribution in [0.4, 0.5) is 11.4 Å². The quantitative estimate of drug-likeness (QED) is 0.866. The minimum Gasteiger partial charge on any atom is -0.378 e. The predicted molar refractivity (Wildman–Crippen MR) is 103 cm³/mol. The maximum absolute atomic E-state index is 12.5. The number of anilines is 2. The molecule has 0 aliphatic carbocycles. The highest BCUT2D eigenvalue weighted by atomic mass is 35.5. The molecule has 1 N–H and O–H groups in total. The average Bonchev–Trinajstić information content (AvgIpc) is 2.63. The molecule has 5 heteroatoms. The van der Waals surface area contributed by atoms with E-state index >= 15 is 0 Å². The maximum Gasteiger partial charge on any atom is 0.225 e. The number of halogens is 1. The van der Waals surface area contributed by atoms with Crippen LogP contribution in [0.1, 0.15) is 24.8 Å². The fraction of sp³-hybridized carbons (Fsp3) is 0.350. The Hall–Kier alpha value is -2.04. The van der Waals surface area contributed by atoms with E-state index in [9.17, 15) is 4.79 Å². The fourth-order valence-electron chi connectivity index (χ4n) is 3.07. The smallest absolute Gasteiger partial charge is 0.225 e. The molecular formula is C20H23ClN2O2. The molecule has 1 amide bonds. The number of ether oxygens (including phenoxy) is 1. The van der Waals surface area contributed by atoms with E-state index in [2.05, 4.69) is 29.3 Å². The fourth-order valence-corrected chi connectivity index (χ4v) is 3.24. The van der Waals surface area contributed by atoms with Crippen LogP contribution in [0.5, 0.6) is 0 Å². The molecule has 2 aromatic rings. The first-order valence-electron chi connectivity index (χ1n) is 8.60. The minimum atomic E-state index is -0.00636. The van der Waals surface area contributed by atoms with E-state index in [1.807, 2.05) is 36.4 Å². The summed E-state index contributed by atoms with van der Waals surface area (Å²) in [7, 11) is 0. The number of hydrogen-bond donors (Lipinski definition) is 1. The Morgan fingerprint density at radius 2 is 1.92 bits per heavy atom. The molecule has 0 spiro atoms. The third-order valence-corrected chi connectivity index (χ3v) is 4.68. The summed E-state index contributed by atoms with van der Waals surface area (Å²) < 4.78 is 5.41. The third kappa shape index (κ3) is 4.74. The first-order valence-corrected chi connectivity index (χ1v) is 8.98. The number of morpholine rings is 1. The lowest BCUT2D eigenvalue weighted by atomic mass is 9.97. The third-order valence-electron chi connectivity index (χ3n) is 4.44. The molecule has 0 unspecified atom stereocenters. The molecule has 1 saturated heterocycles. The Bertz CT molecular complexity index is 715. The van der Waals surface area contributed by atoms with E-state index in [-0.39, 0.29) is 11.8 Å². The molecule has 1 aliphatic rings. The van der Waals surface area contributed by atoms with Gasteiger partial charge in [-0.05, 0) is 29.7 Å². The molecule has 0 radical (unpaired) electrons. The number of rotatable bonds is 5. The van der Waals surface area contributed by atoms with E-state index in [0.29, 0.717) is 24.7 Å². The molecule has 132 valence electrons. The highest BCUT2D eigenvalue weighted by Gasteiger charge is 2.18. The van der Waals surface area contributed by atoms with Gasteiger partial charge in [-0.1, -0.05) is 48.9 Å². The second-order valence-electron chi connectivity index (χ2n) is 6.32. The molecule has 4 nitrogen and oxygen atoms in total. The summed E-state index contributed by atoms with van der Waals surface area (Å²) in [6.07, 6.45) is 0.430. The number of benzene rings is 2. The van der Waals surface area contributed by atoms with Crippen LogP contribution >= 0.6 is 11.6 Å². The van der Waals surface area contributed by atoms with Crippen LogP contribution in [0, 0.1) is 0 Å². The van der Waals surface area contributed by atoms with Crippen molar-refractivity contribution in [3.63, 3.8) is 0 Å². The molecule has 3 rings (SSSR count). The van der Waals surface area contributed by atoms with Gasteiger partial charge < -0.3 is 15.0 Å². The first kappa shape index (κ1) is 17.8. The van der Waals surface area contributed by atoms with Gasteiger partial charge in [0.2, 0.25) is 5.91 Å². The summed E-state index contributed by atoms with van der Waals surface area (Å²) in [5.74, 6) is 0.153. The summed E-state index contributed by atoms with van der Waals surface area (Å²) in [5.41, 5.74) is 2.92. The summed E-state index contributed by atoms with van der Waals surface area (Å²) in [6.45, 7) is 5.08. The second kappa shape index (κ2) is 8.37. The largest absolute Gasteiger partial charge is 0.378 e. The van der Waals surface area contributed by atoms with Crippen LogP contribution in [0.3, 0.4) is 0 Å². The molecule has 2 aromatic carbocycles. The van der Waals surface area contributed by atoms with Crippen molar-refractivity contribution in [2.45, 2.75) is 19.3 Å². The van der Waals surface area contributed by atoms with Gasteiger partial charge in [0.25, 0.3) is 0 Å². The monoisotopic (exact) mass is 358 g/mol. The minimum absolute atomic E-state index is 0.00636. The van der Waals surface area contributed by atoms with Crippen LogP contribution in [-0.2, 0) is 9.53 Å². The molecule has 0 saturated carbocycles. The molecule has 1 fully saturated rings. The Morgan fingerprint density at radius 1 is 1.20 bits per heavy atom. The zero-order valence-electron chi connectivity index (χ0n) is 14.4. The number of hydrogen-bond acceptors (Lipinski definition) is 3. The average molecular weight is 359 g/mol. The van der Waals surface area contributed by atoms with Gasteiger partial charge in [0.15, 0.2) is 0 Å². The van der Waals surface area contributed by atoms with Gasteiger partial charge in [-0.2, -0.15) is 0 Å². The molecule has 0 aromatic heterocycles. The molecular weight excluding hydrogens is 336 g/mol. The highest BCUT2D eigenvalue weighted by Crippen LogP contribution is 2.30. The lowest BCUT2D eigenvalue weighted by Gasteiger charge is -2.30. The van der Waals surface area contributed by atoms with Crippen LogP contribution in [0.25, 0.3) is 0 Å². The number of carbonyl (C=O) groups is 1. The van der Waals surface area contributed by atoms with Crippen molar-refractivity contribution in [2.24, 2.45) is 0 Å². The van der Waals surface area contributed by atoms with Gasteiger partial charge in [0.05, 0.1) is 24.6 Å². The SMILES string of the molecule is C[C@H](CC(=O)Nc1cc(Cl)ccc1N1CCOCC1)c1ccccc1. The highest BCUT2D eigenvalue weighted by molar-refractivity contribution is 6.31. The Labute approximate surface area is 153 Å². The van der Waals surface area contributed by atoms with Crippen molar-refractivity contribution in [3.8, 4) is 0 Å². The van der Waals surface area contributed by atoms with Gasteiger partial charge >= 0.3 is 0 Å². The van der Waals surface area contributed by atoms with Gasteiger partial charge in [-0.25, -0.2) is 0 Å². The van der Waals surface area contributed by atoms with Crippen molar-refractivity contribution in [3.05, 3.63) is 59.1 Å². The van der Waals surface area contributed by atoms with Crippen LogP contribution in [-0.4, -0.2) is 32.2 Å². The lowest BCUT2D eigenvalue weighted by molar-refractivity contribution is -0.116. The second-order valence-corrected chi connectivity index (χ2v) is 6.76. The van der Waals surface area contributed by atoms with Crippen molar-refractivity contribution in [2.75, 3.05) is 36.5 Å². The van der Waals surface area contributed by atoms with Gasteiger partial charge in [-0.15, -0.1) is 0 Å². The topological polar surface area (TPSA) is 41.6 Å². The molecule has 25 heavy (non-hydrogen) atoms. The van der Waals surface area contributed by atoms with Crippen molar-refractivity contribution in [1.82, 2.24) is 0 Å². The van der Waals surface area contributed by atoms with Gasteiger partial charge in [0, 0.05) is 24.5 Å². The van der Waals surface area contributed by atoms with Crippen LogP contribution < -0.4 is 10.2 Å². The number of nitrogens with zero attached hydrogens (tertiary/aromatic N) is 1.